The van der Waals surface area contributed by atoms with E-state index in [1.165, 1.54) is 0 Å². The number of carbonyl (C=O) groups is 1. The molecule has 0 saturated carbocycles. The Kier molecular flexibility index (Phi) is 5.58. The highest BCUT2D eigenvalue weighted by atomic mass is 35.5. The molecular formula is C16H16ClNO3. The van der Waals surface area contributed by atoms with Crippen LogP contribution in [-0.4, -0.2) is 17.6 Å². The molecule has 0 aliphatic carbocycles. The lowest BCUT2D eigenvalue weighted by molar-refractivity contribution is -0.142. The van der Waals surface area contributed by atoms with Crippen molar-refractivity contribution in [3.8, 4) is 5.75 Å². The average Bonchev–Trinajstić information content (AvgIpc) is 2.48. The van der Waals surface area contributed by atoms with Crippen molar-refractivity contribution >= 4 is 17.6 Å². The summed E-state index contributed by atoms with van der Waals surface area (Å²) in [5.74, 6) is 0.173. The van der Waals surface area contributed by atoms with Crippen LogP contribution in [0.25, 0.3) is 0 Å². The Balaban J connectivity index is 1.97. The van der Waals surface area contributed by atoms with Crippen LogP contribution in [-0.2, 0) is 22.6 Å². The smallest absolute Gasteiger partial charge is 0.311 e. The fourth-order valence-electron chi connectivity index (χ4n) is 1.76. The first kappa shape index (κ1) is 15.3. The van der Waals surface area contributed by atoms with Gasteiger partial charge in [-0.2, -0.15) is 0 Å². The third-order valence-corrected chi connectivity index (χ3v) is 3.01. The first-order valence-corrected chi connectivity index (χ1v) is 7.04. The van der Waals surface area contributed by atoms with E-state index in [0.29, 0.717) is 24.7 Å². The molecule has 2 rings (SSSR count). The van der Waals surface area contributed by atoms with Crippen molar-refractivity contribution in [1.82, 2.24) is 4.98 Å². The predicted octanol–water partition coefficient (Wildman–Crippen LogP) is 3.42. The van der Waals surface area contributed by atoms with Crippen molar-refractivity contribution < 1.29 is 14.3 Å². The Bertz CT molecular complexity index is 602. The normalized spacial score (nSPS) is 10.2. The number of nitrogens with zero attached hydrogens (tertiary/aromatic N) is 1. The standard InChI is InChI=1S/C16H16ClNO3/c1-2-20-15(19)10-13-8-9-14(16(17)18-13)21-11-12-6-4-3-5-7-12/h3-9H,2,10-11H2,1H3. The van der Waals surface area contributed by atoms with E-state index < -0.39 is 0 Å². The number of carbonyl (C=O) groups excluding carboxylic acids is 1. The van der Waals surface area contributed by atoms with Crippen LogP contribution in [0.2, 0.25) is 5.15 Å². The summed E-state index contributed by atoms with van der Waals surface area (Å²) in [6.07, 6.45) is 0.104. The molecule has 2 aromatic rings. The zero-order chi connectivity index (χ0) is 15.1. The Labute approximate surface area is 128 Å². The molecular weight excluding hydrogens is 290 g/mol. The van der Waals surface area contributed by atoms with E-state index in [1.807, 2.05) is 30.3 Å². The van der Waals surface area contributed by atoms with Crippen LogP contribution < -0.4 is 4.74 Å². The van der Waals surface area contributed by atoms with Gasteiger partial charge in [0, 0.05) is 0 Å². The summed E-state index contributed by atoms with van der Waals surface area (Å²) < 4.78 is 10.5. The molecule has 5 heteroatoms. The molecule has 0 bridgehead atoms. The molecule has 0 fully saturated rings. The summed E-state index contributed by atoms with van der Waals surface area (Å²) in [5, 5.41) is 0.243. The molecule has 0 aliphatic heterocycles. The highest BCUT2D eigenvalue weighted by molar-refractivity contribution is 6.30. The minimum atomic E-state index is -0.320. The molecule has 0 spiro atoms. The quantitative estimate of drug-likeness (QED) is 0.606. The molecule has 1 aromatic carbocycles. The second-order valence-corrected chi connectivity index (χ2v) is 4.71. The van der Waals surface area contributed by atoms with Crippen LogP contribution >= 0.6 is 11.6 Å². The van der Waals surface area contributed by atoms with Gasteiger partial charge in [-0.25, -0.2) is 4.98 Å². The average molecular weight is 306 g/mol. The number of ether oxygens (including phenoxy) is 2. The van der Waals surface area contributed by atoms with Gasteiger partial charge in [0.1, 0.15) is 6.61 Å². The van der Waals surface area contributed by atoms with Crippen LogP contribution in [0.5, 0.6) is 5.75 Å². The van der Waals surface area contributed by atoms with Crippen LogP contribution in [0, 0.1) is 0 Å². The molecule has 0 N–H and O–H groups in total. The maximum absolute atomic E-state index is 11.4. The molecule has 0 saturated heterocycles. The van der Waals surface area contributed by atoms with E-state index in [0.717, 1.165) is 5.56 Å². The van der Waals surface area contributed by atoms with Gasteiger partial charge in [0.2, 0.25) is 0 Å². The van der Waals surface area contributed by atoms with Crippen LogP contribution in [0.15, 0.2) is 42.5 Å². The summed E-state index contributed by atoms with van der Waals surface area (Å²) in [6, 6.07) is 13.2. The van der Waals surface area contributed by atoms with Crippen LogP contribution in [0.3, 0.4) is 0 Å². The lowest BCUT2D eigenvalue weighted by Gasteiger charge is -2.09. The zero-order valence-corrected chi connectivity index (χ0v) is 12.5. The molecule has 110 valence electrons. The zero-order valence-electron chi connectivity index (χ0n) is 11.7. The summed E-state index contributed by atoms with van der Waals surface area (Å²) in [6.45, 7) is 2.53. The Morgan fingerprint density at radius 2 is 1.95 bits per heavy atom. The third kappa shape index (κ3) is 4.76. The number of rotatable bonds is 6. The number of esters is 1. The van der Waals surface area contributed by atoms with Gasteiger partial charge >= 0.3 is 5.97 Å². The van der Waals surface area contributed by atoms with E-state index in [4.69, 9.17) is 21.1 Å². The van der Waals surface area contributed by atoms with Gasteiger partial charge in [0.25, 0.3) is 0 Å². The van der Waals surface area contributed by atoms with Crippen molar-refractivity contribution in [2.45, 2.75) is 20.0 Å². The summed E-state index contributed by atoms with van der Waals surface area (Å²) in [4.78, 5) is 15.5. The van der Waals surface area contributed by atoms with Gasteiger partial charge in [-0.05, 0) is 24.6 Å². The van der Waals surface area contributed by atoms with Gasteiger partial charge in [-0.15, -0.1) is 0 Å². The van der Waals surface area contributed by atoms with Crippen molar-refractivity contribution in [3.63, 3.8) is 0 Å². The molecule has 0 aliphatic rings. The molecule has 1 heterocycles. The topological polar surface area (TPSA) is 48.4 Å². The number of pyridine rings is 1. The van der Waals surface area contributed by atoms with Gasteiger partial charge in [-0.1, -0.05) is 41.9 Å². The summed E-state index contributed by atoms with van der Waals surface area (Å²) in [7, 11) is 0. The number of halogens is 1. The number of hydrogen-bond donors (Lipinski definition) is 0. The highest BCUT2D eigenvalue weighted by Crippen LogP contribution is 2.23. The Hall–Kier alpha value is -2.07. The van der Waals surface area contributed by atoms with Gasteiger partial charge in [0.15, 0.2) is 10.9 Å². The molecule has 21 heavy (non-hydrogen) atoms. The van der Waals surface area contributed by atoms with Gasteiger partial charge in [-0.3, -0.25) is 4.79 Å². The summed E-state index contributed by atoms with van der Waals surface area (Å²) >= 11 is 6.07. The van der Waals surface area contributed by atoms with Gasteiger partial charge in [0.05, 0.1) is 18.7 Å². The molecule has 0 radical (unpaired) electrons. The molecule has 0 unspecified atom stereocenters. The SMILES string of the molecule is CCOC(=O)Cc1ccc(OCc2ccccc2)c(Cl)n1. The fourth-order valence-corrected chi connectivity index (χ4v) is 1.99. The first-order chi connectivity index (χ1) is 10.2. The van der Waals surface area contributed by atoms with E-state index in [9.17, 15) is 4.79 Å². The van der Waals surface area contributed by atoms with E-state index >= 15 is 0 Å². The van der Waals surface area contributed by atoms with Crippen molar-refractivity contribution in [2.24, 2.45) is 0 Å². The molecule has 4 nitrogen and oxygen atoms in total. The molecule has 0 atom stereocenters. The molecule has 0 amide bonds. The predicted molar refractivity (Wildman–Crippen MR) is 80.4 cm³/mol. The van der Waals surface area contributed by atoms with Crippen molar-refractivity contribution in [2.75, 3.05) is 6.61 Å². The Morgan fingerprint density at radius 3 is 2.62 bits per heavy atom. The minimum Gasteiger partial charge on any atom is -0.486 e. The lowest BCUT2D eigenvalue weighted by atomic mass is 10.2. The van der Waals surface area contributed by atoms with E-state index in [2.05, 4.69) is 4.98 Å². The first-order valence-electron chi connectivity index (χ1n) is 6.67. The highest BCUT2D eigenvalue weighted by Gasteiger charge is 2.09. The van der Waals surface area contributed by atoms with Crippen LogP contribution in [0.1, 0.15) is 18.2 Å². The summed E-state index contributed by atoms with van der Waals surface area (Å²) in [5.41, 5.74) is 1.61. The number of aromatic nitrogens is 1. The van der Waals surface area contributed by atoms with Crippen molar-refractivity contribution in [1.29, 1.82) is 0 Å². The van der Waals surface area contributed by atoms with Gasteiger partial charge < -0.3 is 9.47 Å². The number of hydrogen-bond acceptors (Lipinski definition) is 4. The van der Waals surface area contributed by atoms with Crippen molar-refractivity contribution in [3.05, 3.63) is 58.9 Å². The lowest BCUT2D eigenvalue weighted by Crippen LogP contribution is -2.09. The second kappa shape index (κ2) is 7.64. The number of benzene rings is 1. The second-order valence-electron chi connectivity index (χ2n) is 4.35. The monoisotopic (exact) mass is 305 g/mol. The largest absolute Gasteiger partial charge is 0.486 e. The Morgan fingerprint density at radius 1 is 1.19 bits per heavy atom. The van der Waals surface area contributed by atoms with E-state index in [-0.39, 0.29) is 17.5 Å². The fraction of sp³-hybridized carbons (Fsp3) is 0.250. The van der Waals surface area contributed by atoms with Crippen LogP contribution in [0.4, 0.5) is 0 Å². The third-order valence-electron chi connectivity index (χ3n) is 2.74. The maximum Gasteiger partial charge on any atom is 0.311 e. The molecule has 1 aromatic heterocycles. The van der Waals surface area contributed by atoms with E-state index in [1.54, 1.807) is 19.1 Å². The minimum absolute atomic E-state index is 0.104. The maximum atomic E-state index is 11.4.